The summed E-state index contributed by atoms with van der Waals surface area (Å²) in [6, 6.07) is 19.3. The van der Waals surface area contributed by atoms with Gasteiger partial charge in [-0.1, -0.05) is 57.2 Å². The Bertz CT molecular complexity index is 1370. The van der Waals surface area contributed by atoms with Gasteiger partial charge in [0.2, 0.25) is 0 Å². The highest BCUT2D eigenvalue weighted by molar-refractivity contribution is 7.92. The van der Waals surface area contributed by atoms with Gasteiger partial charge in [0.05, 0.1) is 16.3 Å². The van der Waals surface area contributed by atoms with Crippen molar-refractivity contribution in [2.75, 3.05) is 4.72 Å². The number of hydrogen-bond acceptors (Lipinski definition) is 4. The van der Waals surface area contributed by atoms with Crippen LogP contribution in [0.1, 0.15) is 32.0 Å². The molecule has 0 aliphatic heterocycles. The Balaban J connectivity index is 1.76. The van der Waals surface area contributed by atoms with E-state index in [2.05, 4.69) is 30.6 Å². The molecule has 0 saturated heterocycles. The molecule has 0 atom stereocenters. The second kappa shape index (κ2) is 7.42. The SMILES string of the molecule is Cc1cc(NS(=O)(=O)c2ccc(C(C)(C)C)cc2)n(-c2cccc3c(O)cccc23)n1. The smallest absolute Gasteiger partial charge is 0.263 e. The van der Waals surface area contributed by atoms with Gasteiger partial charge >= 0.3 is 0 Å². The Hall–Kier alpha value is -3.32. The van der Waals surface area contributed by atoms with Crippen LogP contribution in [0.15, 0.2) is 71.6 Å². The number of aromatic nitrogens is 2. The van der Waals surface area contributed by atoms with Crippen molar-refractivity contribution in [2.24, 2.45) is 0 Å². The van der Waals surface area contributed by atoms with E-state index >= 15 is 0 Å². The summed E-state index contributed by atoms with van der Waals surface area (Å²) in [5, 5.41) is 16.1. The van der Waals surface area contributed by atoms with E-state index in [1.54, 1.807) is 48.0 Å². The molecule has 1 heterocycles. The molecular formula is C24H25N3O3S. The fourth-order valence-electron chi connectivity index (χ4n) is 3.55. The van der Waals surface area contributed by atoms with E-state index in [4.69, 9.17) is 0 Å². The molecule has 7 heteroatoms. The molecule has 0 aliphatic carbocycles. The van der Waals surface area contributed by atoms with Crippen molar-refractivity contribution in [1.82, 2.24) is 9.78 Å². The molecule has 2 N–H and O–H groups in total. The van der Waals surface area contributed by atoms with Crippen molar-refractivity contribution in [1.29, 1.82) is 0 Å². The van der Waals surface area contributed by atoms with Crippen LogP contribution in [0.3, 0.4) is 0 Å². The average molecular weight is 436 g/mol. The van der Waals surface area contributed by atoms with Gasteiger partial charge in [-0.05, 0) is 42.2 Å². The van der Waals surface area contributed by atoms with Crippen LogP contribution in [-0.4, -0.2) is 23.3 Å². The zero-order valence-corrected chi connectivity index (χ0v) is 18.7. The zero-order chi connectivity index (χ0) is 22.4. The third-order valence-corrected chi connectivity index (χ3v) is 6.58. The second-order valence-electron chi connectivity index (χ2n) is 8.61. The lowest BCUT2D eigenvalue weighted by Crippen LogP contribution is -2.17. The van der Waals surface area contributed by atoms with Crippen LogP contribution in [-0.2, 0) is 15.4 Å². The molecule has 0 fully saturated rings. The number of sulfonamides is 1. The number of benzene rings is 3. The summed E-state index contributed by atoms with van der Waals surface area (Å²) >= 11 is 0. The molecule has 0 bridgehead atoms. The number of anilines is 1. The molecule has 4 aromatic rings. The van der Waals surface area contributed by atoms with Gasteiger partial charge in [-0.3, -0.25) is 4.72 Å². The van der Waals surface area contributed by atoms with Crippen LogP contribution < -0.4 is 4.72 Å². The quantitative estimate of drug-likeness (QED) is 0.465. The minimum absolute atomic E-state index is 0.0641. The summed E-state index contributed by atoms with van der Waals surface area (Å²) in [4.78, 5) is 0.182. The summed E-state index contributed by atoms with van der Waals surface area (Å²) in [5.41, 5.74) is 2.33. The first-order chi connectivity index (χ1) is 14.6. The van der Waals surface area contributed by atoms with Gasteiger partial charge < -0.3 is 5.11 Å². The molecule has 31 heavy (non-hydrogen) atoms. The Morgan fingerprint density at radius 2 is 1.58 bits per heavy atom. The first-order valence-electron chi connectivity index (χ1n) is 9.97. The van der Waals surface area contributed by atoms with Crippen LogP contribution in [0.25, 0.3) is 16.5 Å². The van der Waals surface area contributed by atoms with Gasteiger partial charge in [-0.15, -0.1) is 0 Å². The third kappa shape index (κ3) is 4.01. The Kier molecular flexibility index (Phi) is 5.01. The minimum Gasteiger partial charge on any atom is -0.507 e. The molecule has 6 nitrogen and oxygen atoms in total. The van der Waals surface area contributed by atoms with Crippen LogP contribution in [0.5, 0.6) is 5.75 Å². The fourth-order valence-corrected chi connectivity index (χ4v) is 4.58. The van der Waals surface area contributed by atoms with E-state index in [0.717, 1.165) is 10.9 Å². The van der Waals surface area contributed by atoms with Crippen molar-refractivity contribution in [3.63, 3.8) is 0 Å². The van der Waals surface area contributed by atoms with Crippen molar-refractivity contribution < 1.29 is 13.5 Å². The topological polar surface area (TPSA) is 84.2 Å². The first-order valence-corrected chi connectivity index (χ1v) is 11.5. The normalized spacial score (nSPS) is 12.3. The molecule has 0 aliphatic rings. The Morgan fingerprint density at radius 1 is 0.935 bits per heavy atom. The van der Waals surface area contributed by atoms with Crippen molar-refractivity contribution >= 4 is 26.6 Å². The maximum Gasteiger partial charge on any atom is 0.263 e. The summed E-state index contributed by atoms with van der Waals surface area (Å²) in [7, 11) is -3.81. The number of nitrogens with one attached hydrogen (secondary N) is 1. The summed E-state index contributed by atoms with van der Waals surface area (Å²) in [5.74, 6) is 0.484. The highest BCUT2D eigenvalue weighted by atomic mass is 32.2. The van der Waals surface area contributed by atoms with Gasteiger partial charge in [-0.2, -0.15) is 5.10 Å². The van der Waals surface area contributed by atoms with E-state index in [9.17, 15) is 13.5 Å². The summed E-state index contributed by atoms with van der Waals surface area (Å²) in [6.45, 7) is 8.04. The number of phenolic OH excluding ortho intramolecular Hbond substituents is 1. The summed E-state index contributed by atoms with van der Waals surface area (Å²) in [6.07, 6.45) is 0. The molecular weight excluding hydrogens is 410 g/mol. The third-order valence-electron chi connectivity index (χ3n) is 5.21. The monoisotopic (exact) mass is 435 g/mol. The van der Waals surface area contributed by atoms with Gasteiger partial charge in [0.25, 0.3) is 10.0 Å². The molecule has 0 radical (unpaired) electrons. The van der Waals surface area contributed by atoms with E-state index in [0.29, 0.717) is 22.6 Å². The largest absolute Gasteiger partial charge is 0.507 e. The number of aryl methyl sites for hydroxylation is 1. The standard InChI is InChI=1S/C24H25N3O3S/c1-16-15-23(26-31(29,30)18-13-11-17(12-14-18)24(2,3)4)27(25-16)21-9-5-8-20-19(21)7-6-10-22(20)28/h5-15,26,28H,1-4H3. The van der Waals surface area contributed by atoms with Crippen molar-refractivity contribution in [3.8, 4) is 11.4 Å². The Labute approximate surface area is 182 Å². The average Bonchev–Trinajstić information content (AvgIpc) is 3.06. The van der Waals surface area contributed by atoms with Gasteiger partial charge in [0.1, 0.15) is 11.6 Å². The second-order valence-corrected chi connectivity index (χ2v) is 10.3. The maximum absolute atomic E-state index is 13.1. The van der Waals surface area contributed by atoms with Gasteiger partial charge in [0.15, 0.2) is 0 Å². The van der Waals surface area contributed by atoms with Crippen LogP contribution in [0.2, 0.25) is 0 Å². The number of phenols is 1. The van der Waals surface area contributed by atoms with Crippen molar-refractivity contribution in [2.45, 2.75) is 38.0 Å². The molecule has 4 rings (SSSR count). The van der Waals surface area contributed by atoms with E-state index in [1.807, 2.05) is 30.3 Å². The van der Waals surface area contributed by atoms with Crippen LogP contribution in [0, 0.1) is 6.92 Å². The van der Waals surface area contributed by atoms with Crippen LogP contribution >= 0.6 is 0 Å². The lowest BCUT2D eigenvalue weighted by molar-refractivity contribution is 0.481. The molecule has 0 unspecified atom stereocenters. The molecule has 1 aromatic heterocycles. The molecule has 0 saturated carbocycles. The van der Waals surface area contributed by atoms with E-state index < -0.39 is 10.0 Å². The zero-order valence-electron chi connectivity index (χ0n) is 17.9. The van der Waals surface area contributed by atoms with E-state index in [-0.39, 0.29) is 16.1 Å². The predicted octanol–water partition coefficient (Wildman–Crippen LogP) is 5.14. The lowest BCUT2D eigenvalue weighted by Gasteiger charge is -2.19. The minimum atomic E-state index is -3.81. The Morgan fingerprint density at radius 3 is 2.26 bits per heavy atom. The first kappa shape index (κ1) is 20.9. The summed E-state index contributed by atoms with van der Waals surface area (Å²) < 4.78 is 30.4. The molecule has 0 spiro atoms. The molecule has 3 aromatic carbocycles. The van der Waals surface area contributed by atoms with Crippen molar-refractivity contribution in [3.05, 3.63) is 78.0 Å². The highest BCUT2D eigenvalue weighted by Crippen LogP contribution is 2.31. The molecule has 0 amide bonds. The fraction of sp³-hybridized carbons (Fsp3) is 0.208. The van der Waals surface area contributed by atoms with Gasteiger partial charge in [-0.25, -0.2) is 13.1 Å². The number of fused-ring (bicyclic) bond motifs is 1. The lowest BCUT2D eigenvalue weighted by atomic mass is 9.87. The number of aromatic hydroxyl groups is 1. The van der Waals surface area contributed by atoms with E-state index in [1.165, 1.54) is 0 Å². The molecule has 160 valence electrons. The van der Waals surface area contributed by atoms with Gasteiger partial charge in [0, 0.05) is 16.8 Å². The maximum atomic E-state index is 13.1. The number of hydrogen-bond donors (Lipinski definition) is 2. The number of nitrogens with zero attached hydrogens (tertiary/aromatic N) is 2. The highest BCUT2D eigenvalue weighted by Gasteiger charge is 2.21. The van der Waals surface area contributed by atoms with Crippen LogP contribution in [0.4, 0.5) is 5.82 Å². The number of rotatable bonds is 4. The predicted molar refractivity (Wildman–Crippen MR) is 123 cm³/mol.